The third kappa shape index (κ3) is 3.79. The highest BCUT2D eigenvalue weighted by molar-refractivity contribution is 5.74. The van der Waals surface area contributed by atoms with Gasteiger partial charge in [0, 0.05) is 31.9 Å². The van der Waals surface area contributed by atoms with Crippen LogP contribution in [0.15, 0.2) is 42.7 Å². The van der Waals surface area contributed by atoms with Crippen molar-refractivity contribution in [2.75, 3.05) is 13.1 Å². The number of aromatic nitrogens is 2. The van der Waals surface area contributed by atoms with Crippen molar-refractivity contribution < 1.29 is 9.53 Å². The molecule has 3 rings (SSSR count). The number of hydrogen-bond acceptors (Lipinski definition) is 5. The van der Waals surface area contributed by atoms with E-state index in [-0.39, 0.29) is 23.7 Å². The minimum atomic E-state index is -0.184. The summed E-state index contributed by atoms with van der Waals surface area (Å²) in [5, 5.41) is 11.9. The van der Waals surface area contributed by atoms with Crippen LogP contribution in [0.1, 0.15) is 17.7 Å². The van der Waals surface area contributed by atoms with E-state index in [4.69, 9.17) is 10.00 Å². The first kappa shape index (κ1) is 15.7. The Balaban J connectivity index is 1.51. The molecule has 1 aromatic carbocycles. The zero-order valence-electron chi connectivity index (χ0n) is 13.1. The Morgan fingerprint density at radius 3 is 2.92 bits per heavy atom. The number of carbonyl (C=O) groups excluding carboxylic acids is 1. The molecule has 2 heterocycles. The summed E-state index contributed by atoms with van der Waals surface area (Å²) in [5.41, 5.74) is 1.21. The molecule has 1 unspecified atom stereocenters. The zero-order valence-corrected chi connectivity index (χ0v) is 13.1. The molecule has 0 saturated carbocycles. The van der Waals surface area contributed by atoms with E-state index in [1.807, 2.05) is 36.4 Å². The number of carbonyl (C=O) groups is 1. The lowest BCUT2D eigenvalue weighted by atomic mass is 10.2. The van der Waals surface area contributed by atoms with E-state index in [2.05, 4.69) is 15.3 Å². The maximum Gasteiger partial charge on any atom is 0.317 e. The van der Waals surface area contributed by atoms with Gasteiger partial charge in [-0.3, -0.25) is 0 Å². The summed E-state index contributed by atoms with van der Waals surface area (Å²) in [5.74, 6) is 0.219. The van der Waals surface area contributed by atoms with Gasteiger partial charge in [0.1, 0.15) is 12.2 Å². The molecule has 24 heavy (non-hydrogen) atoms. The predicted molar refractivity (Wildman–Crippen MR) is 86.0 cm³/mol. The van der Waals surface area contributed by atoms with E-state index in [0.29, 0.717) is 26.1 Å². The van der Waals surface area contributed by atoms with Crippen LogP contribution >= 0.6 is 0 Å². The van der Waals surface area contributed by atoms with E-state index < -0.39 is 0 Å². The number of rotatable bonds is 4. The lowest BCUT2D eigenvalue weighted by Gasteiger charge is -2.17. The summed E-state index contributed by atoms with van der Waals surface area (Å²) in [6.07, 6.45) is 3.44. The molecule has 0 bridgehead atoms. The van der Waals surface area contributed by atoms with Crippen molar-refractivity contribution in [3.05, 3.63) is 54.0 Å². The summed E-state index contributed by atoms with van der Waals surface area (Å²) >= 11 is 0. The molecule has 1 aliphatic heterocycles. The maximum atomic E-state index is 12.2. The minimum Gasteiger partial charge on any atom is -0.470 e. The molecule has 122 valence electrons. The van der Waals surface area contributed by atoms with Gasteiger partial charge in [-0.15, -0.1) is 0 Å². The predicted octanol–water partition coefficient (Wildman–Crippen LogP) is 1.71. The summed E-state index contributed by atoms with van der Waals surface area (Å²) in [7, 11) is 0. The minimum absolute atomic E-state index is 0.121. The molecular formula is C17H17N5O2. The van der Waals surface area contributed by atoms with Gasteiger partial charge in [0.2, 0.25) is 5.69 Å². The van der Waals surface area contributed by atoms with Gasteiger partial charge >= 0.3 is 6.03 Å². The number of nitrogens with zero attached hydrogens (tertiary/aromatic N) is 4. The molecule has 1 fully saturated rings. The Hall–Kier alpha value is -3.14. The summed E-state index contributed by atoms with van der Waals surface area (Å²) < 4.78 is 5.72. The molecule has 1 aromatic heterocycles. The lowest BCUT2D eigenvalue weighted by molar-refractivity contribution is 0.182. The van der Waals surface area contributed by atoms with Gasteiger partial charge in [0.15, 0.2) is 0 Å². The molecule has 2 amide bonds. The number of amides is 2. The van der Waals surface area contributed by atoms with Crippen LogP contribution in [0.4, 0.5) is 4.79 Å². The average Bonchev–Trinajstić information content (AvgIpc) is 3.10. The molecule has 1 aliphatic rings. The molecule has 0 spiro atoms. The molecule has 7 nitrogen and oxygen atoms in total. The van der Waals surface area contributed by atoms with Crippen molar-refractivity contribution in [1.82, 2.24) is 20.2 Å². The second-order valence-electron chi connectivity index (χ2n) is 5.44. The van der Waals surface area contributed by atoms with Crippen LogP contribution < -0.4 is 10.1 Å². The molecule has 2 aromatic rings. The van der Waals surface area contributed by atoms with Gasteiger partial charge < -0.3 is 15.0 Å². The van der Waals surface area contributed by atoms with Crippen LogP contribution in [0.2, 0.25) is 0 Å². The standard InChI is InChI=1S/C17H17N5O2/c18-10-15-16(20-8-7-19-15)24-14-6-9-22(12-14)17(23)21-11-13-4-2-1-3-5-13/h1-5,7-8,14H,6,9,11-12H2,(H,21,23). The fraction of sp³-hybridized carbons (Fsp3) is 0.294. The Morgan fingerprint density at radius 1 is 1.33 bits per heavy atom. The van der Waals surface area contributed by atoms with Gasteiger partial charge in [-0.1, -0.05) is 30.3 Å². The number of nitriles is 1. The van der Waals surface area contributed by atoms with E-state index in [1.165, 1.54) is 12.4 Å². The third-order valence-corrected chi connectivity index (χ3v) is 3.77. The van der Waals surface area contributed by atoms with Crippen molar-refractivity contribution in [2.24, 2.45) is 0 Å². The molecular weight excluding hydrogens is 306 g/mol. The highest BCUT2D eigenvalue weighted by Gasteiger charge is 2.28. The van der Waals surface area contributed by atoms with E-state index >= 15 is 0 Å². The van der Waals surface area contributed by atoms with Crippen LogP contribution in [0.3, 0.4) is 0 Å². The second-order valence-corrected chi connectivity index (χ2v) is 5.44. The molecule has 0 aliphatic carbocycles. The van der Waals surface area contributed by atoms with Crippen molar-refractivity contribution in [3.8, 4) is 11.9 Å². The number of benzene rings is 1. The first-order valence-corrected chi connectivity index (χ1v) is 7.70. The number of nitrogens with one attached hydrogen (secondary N) is 1. The lowest BCUT2D eigenvalue weighted by Crippen LogP contribution is -2.39. The molecule has 1 N–H and O–H groups in total. The van der Waals surface area contributed by atoms with Crippen LogP contribution in [0.5, 0.6) is 5.88 Å². The van der Waals surface area contributed by atoms with Gasteiger partial charge in [-0.05, 0) is 5.56 Å². The number of hydrogen-bond donors (Lipinski definition) is 1. The van der Waals surface area contributed by atoms with Crippen molar-refractivity contribution >= 4 is 6.03 Å². The highest BCUT2D eigenvalue weighted by Crippen LogP contribution is 2.18. The largest absolute Gasteiger partial charge is 0.470 e. The van der Waals surface area contributed by atoms with Gasteiger partial charge in [0.05, 0.1) is 6.54 Å². The number of likely N-dealkylation sites (tertiary alicyclic amines) is 1. The molecule has 0 radical (unpaired) electrons. The van der Waals surface area contributed by atoms with Gasteiger partial charge in [-0.2, -0.15) is 5.26 Å². The van der Waals surface area contributed by atoms with E-state index in [1.54, 1.807) is 4.90 Å². The van der Waals surface area contributed by atoms with Crippen molar-refractivity contribution in [3.63, 3.8) is 0 Å². The Labute approximate surface area is 139 Å². The van der Waals surface area contributed by atoms with Gasteiger partial charge in [-0.25, -0.2) is 14.8 Å². The maximum absolute atomic E-state index is 12.2. The van der Waals surface area contributed by atoms with Crippen LogP contribution in [-0.4, -0.2) is 40.1 Å². The Bertz CT molecular complexity index is 744. The fourth-order valence-corrected chi connectivity index (χ4v) is 2.54. The van der Waals surface area contributed by atoms with E-state index in [0.717, 1.165) is 5.56 Å². The van der Waals surface area contributed by atoms with Crippen molar-refractivity contribution in [2.45, 2.75) is 19.1 Å². The zero-order chi connectivity index (χ0) is 16.8. The smallest absolute Gasteiger partial charge is 0.317 e. The first-order valence-electron chi connectivity index (χ1n) is 7.70. The Kier molecular flexibility index (Phi) is 4.87. The fourth-order valence-electron chi connectivity index (χ4n) is 2.54. The normalized spacial score (nSPS) is 16.5. The van der Waals surface area contributed by atoms with E-state index in [9.17, 15) is 4.79 Å². The summed E-state index contributed by atoms with van der Waals surface area (Å²) in [6.45, 7) is 1.56. The number of urea groups is 1. The molecule has 7 heteroatoms. The Morgan fingerprint density at radius 2 is 2.12 bits per heavy atom. The van der Waals surface area contributed by atoms with Crippen LogP contribution in [-0.2, 0) is 6.54 Å². The highest BCUT2D eigenvalue weighted by atomic mass is 16.5. The van der Waals surface area contributed by atoms with Gasteiger partial charge in [0.25, 0.3) is 5.88 Å². The molecule has 1 saturated heterocycles. The number of ether oxygens (including phenoxy) is 1. The first-order chi connectivity index (χ1) is 11.8. The van der Waals surface area contributed by atoms with Crippen LogP contribution in [0, 0.1) is 11.3 Å². The van der Waals surface area contributed by atoms with Crippen molar-refractivity contribution in [1.29, 1.82) is 5.26 Å². The quantitative estimate of drug-likeness (QED) is 0.925. The third-order valence-electron chi connectivity index (χ3n) is 3.77. The SMILES string of the molecule is N#Cc1nccnc1OC1CCN(C(=O)NCc2ccccc2)C1. The monoisotopic (exact) mass is 323 g/mol. The average molecular weight is 323 g/mol. The second kappa shape index (κ2) is 7.42. The molecule has 1 atom stereocenters. The summed E-state index contributed by atoms with van der Waals surface area (Å²) in [6, 6.07) is 11.6. The topological polar surface area (TPSA) is 91.1 Å². The van der Waals surface area contributed by atoms with Crippen LogP contribution in [0.25, 0.3) is 0 Å². The summed E-state index contributed by atoms with van der Waals surface area (Å²) in [4.78, 5) is 21.9.